The number of aryl methyl sites for hydroxylation is 1. The smallest absolute Gasteiger partial charge is 0.255 e. The van der Waals surface area contributed by atoms with Gasteiger partial charge >= 0.3 is 0 Å². The fourth-order valence-corrected chi connectivity index (χ4v) is 5.32. The quantitative estimate of drug-likeness (QED) is 0.640. The van der Waals surface area contributed by atoms with Crippen LogP contribution in [0.2, 0.25) is 0 Å². The van der Waals surface area contributed by atoms with Crippen LogP contribution < -0.4 is 5.32 Å². The molecule has 0 radical (unpaired) electrons. The molecule has 1 saturated carbocycles. The lowest BCUT2D eigenvalue weighted by atomic mass is 9.94. The molecule has 0 bridgehead atoms. The van der Waals surface area contributed by atoms with E-state index in [2.05, 4.69) is 50.7 Å². The van der Waals surface area contributed by atoms with Crippen LogP contribution in [-0.4, -0.2) is 39.4 Å². The third kappa shape index (κ3) is 4.86. The van der Waals surface area contributed by atoms with Gasteiger partial charge in [-0.2, -0.15) is 0 Å². The Hall–Kier alpha value is -2.15. The first-order valence-electron chi connectivity index (χ1n) is 11.3. The van der Waals surface area contributed by atoms with Crippen molar-refractivity contribution in [2.24, 2.45) is 5.92 Å². The highest BCUT2D eigenvalue weighted by Crippen LogP contribution is 2.33. The van der Waals surface area contributed by atoms with Crippen molar-refractivity contribution in [1.82, 2.24) is 14.5 Å². The van der Waals surface area contributed by atoms with E-state index in [4.69, 9.17) is 0 Å². The molecule has 0 spiro atoms. The summed E-state index contributed by atoms with van der Waals surface area (Å²) in [6.45, 7) is 5.42. The van der Waals surface area contributed by atoms with Gasteiger partial charge in [0.2, 0.25) is 5.91 Å². The Kier molecular flexibility index (Phi) is 6.80. The zero-order valence-corrected chi connectivity index (χ0v) is 20.0. The normalized spacial score (nSPS) is 18.2. The maximum absolute atomic E-state index is 13.3. The summed E-state index contributed by atoms with van der Waals surface area (Å²) in [5, 5.41) is 2.89. The Morgan fingerprint density at radius 2 is 1.77 bits per heavy atom. The summed E-state index contributed by atoms with van der Waals surface area (Å²) in [5.41, 5.74) is 3.10. The van der Waals surface area contributed by atoms with E-state index in [0.717, 1.165) is 15.7 Å². The van der Waals surface area contributed by atoms with Crippen LogP contribution in [0.3, 0.4) is 0 Å². The minimum absolute atomic E-state index is 0.0163. The molecule has 2 amide bonds. The van der Waals surface area contributed by atoms with Crippen LogP contribution in [0.15, 0.2) is 28.9 Å². The molecule has 7 heteroatoms. The van der Waals surface area contributed by atoms with Crippen molar-refractivity contribution in [2.45, 2.75) is 64.8 Å². The van der Waals surface area contributed by atoms with Crippen molar-refractivity contribution in [3.05, 3.63) is 45.8 Å². The van der Waals surface area contributed by atoms with Gasteiger partial charge in [0.25, 0.3) is 5.91 Å². The largest absolute Gasteiger partial charge is 0.345 e. The van der Waals surface area contributed by atoms with Crippen LogP contribution in [0.4, 0.5) is 5.82 Å². The monoisotopic (exact) mass is 486 g/mol. The van der Waals surface area contributed by atoms with Crippen LogP contribution in [0.5, 0.6) is 0 Å². The first-order valence-corrected chi connectivity index (χ1v) is 12.1. The van der Waals surface area contributed by atoms with E-state index in [9.17, 15) is 9.59 Å². The number of anilines is 1. The van der Waals surface area contributed by atoms with Crippen LogP contribution in [0.1, 0.15) is 72.7 Å². The van der Waals surface area contributed by atoms with Gasteiger partial charge in [0, 0.05) is 47.1 Å². The minimum Gasteiger partial charge on any atom is -0.345 e. The molecule has 2 fully saturated rings. The second-order valence-corrected chi connectivity index (χ2v) is 9.78. The molecule has 31 heavy (non-hydrogen) atoms. The van der Waals surface area contributed by atoms with E-state index in [0.29, 0.717) is 37.8 Å². The average molecular weight is 487 g/mol. The molecule has 0 unspecified atom stereocenters. The van der Waals surface area contributed by atoms with Crippen LogP contribution in [0, 0.1) is 19.8 Å². The van der Waals surface area contributed by atoms with Crippen molar-refractivity contribution in [2.75, 3.05) is 18.4 Å². The van der Waals surface area contributed by atoms with Gasteiger partial charge in [-0.05, 0) is 73.7 Å². The number of nitrogens with zero attached hydrogens (tertiary/aromatic N) is 3. The molecule has 6 nitrogen and oxygen atoms in total. The SMILES string of the molecule is Cc1cc(C(=O)N2CCC(C(=O)Nc3ccc(Br)cn3)CC2)c(C)n1C1CCCCC1. The second kappa shape index (κ2) is 9.55. The van der Waals surface area contributed by atoms with Crippen LogP contribution in [-0.2, 0) is 4.79 Å². The van der Waals surface area contributed by atoms with E-state index >= 15 is 0 Å². The highest BCUT2D eigenvalue weighted by molar-refractivity contribution is 9.10. The van der Waals surface area contributed by atoms with Crippen molar-refractivity contribution in [3.63, 3.8) is 0 Å². The van der Waals surface area contributed by atoms with Gasteiger partial charge in [0.15, 0.2) is 0 Å². The van der Waals surface area contributed by atoms with E-state index in [1.54, 1.807) is 12.3 Å². The molecule has 0 atom stereocenters. The standard InChI is InChI=1S/C24H31BrN4O2/c1-16-14-21(17(2)29(16)20-6-4-3-5-7-20)24(31)28-12-10-18(11-13-28)23(30)27-22-9-8-19(25)15-26-22/h8-9,14-15,18,20H,3-7,10-13H2,1-2H3,(H,26,27,30). The highest BCUT2D eigenvalue weighted by atomic mass is 79.9. The number of carbonyl (C=O) groups is 2. The summed E-state index contributed by atoms with van der Waals surface area (Å²) in [4.78, 5) is 32.0. The number of carbonyl (C=O) groups excluding carboxylic acids is 2. The highest BCUT2D eigenvalue weighted by Gasteiger charge is 2.30. The van der Waals surface area contributed by atoms with Gasteiger partial charge in [-0.1, -0.05) is 19.3 Å². The lowest BCUT2D eigenvalue weighted by Gasteiger charge is -2.31. The van der Waals surface area contributed by atoms with Gasteiger partial charge in [-0.3, -0.25) is 9.59 Å². The molecule has 2 aromatic heterocycles. The number of rotatable bonds is 4. The predicted molar refractivity (Wildman–Crippen MR) is 125 cm³/mol. The first kappa shape index (κ1) is 22.1. The number of hydrogen-bond acceptors (Lipinski definition) is 3. The van der Waals surface area contributed by atoms with E-state index in [1.807, 2.05) is 11.0 Å². The zero-order valence-electron chi connectivity index (χ0n) is 18.4. The van der Waals surface area contributed by atoms with Gasteiger partial charge in [0.05, 0.1) is 5.56 Å². The average Bonchev–Trinajstić information content (AvgIpc) is 3.09. The van der Waals surface area contributed by atoms with Crippen molar-refractivity contribution < 1.29 is 9.59 Å². The molecule has 166 valence electrons. The second-order valence-electron chi connectivity index (χ2n) is 8.86. The van der Waals surface area contributed by atoms with E-state index < -0.39 is 0 Å². The van der Waals surface area contributed by atoms with E-state index in [-0.39, 0.29) is 17.7 Å². The number of likely N-dealkylation sites (tertiary alicyclic amines) is 1. The van der Waals surface area contributed by atoms with E-state index in [1.165, 1.54) is 37.8 Å². The van der Waals surface area contributed by atoms with Gasteiger partial charge in [-0.25, -0.2) is 4.98 Å². The number of nitrogens with one attached hydrogen (secondary N) is 1. The molecular formula is C24H31BrN4O2. The van der Waals surface area contributed by atoms with Gasteiger partial charge in [0.1, 0.15) is 5.82 Å². The minimum atomic E-state index is -0.0934. The third-order valence-corrected chi connectivity index (χ3v) is 7.26. The molecule has 2 aromatic rings. The Morgan fingerprint density at radius 3 is 2.42 bits per heavy atom. The Labute approximate surface area is 192 Å². The fraction of sp³-hybridized carbons (Fsp3) is 0.542. The maximum atomic E-state index is 13.3. The Bertz CT molecular complexity index is 939. The summed E-state index contributed by atoms with van der Waals surface area (Å²) in [6, 6.07) is 6.22. The zero-order chi connectivity index (χ0) is 22.0. The van der Waals surface area contributed by atoms with Gasteiger partial charge in [-0.15, -0.1) is 0 Å². The molecular weight excluding hydrogens is 456 g/mol. The molecule has 4 rings (SSSR count). The summed E-state index contributed by atoms with van der Waals surface area (Å²) in [6.07, 6.45) is 9.30. The Balaban J connectivity index is 1.37. The molecule has 1 saturated heterocycles. The molecule has 1 aliphatic carbocycles. The molecule has 0 aromatic carbocycles. The van der Waals surface area contributed by atoms with Gasteiger partial charge < -0.3 is 14.8 Å². The number of amides is 2. The summed E-state index contributed by atoms with van der Waals surface area (Å²) < 4.78 is 3.26. The summed E-state index contributed by atoms with van der Waals surface area (Å²) in [7, 11) is 0. The summed E-state index contributed by atoms with van der Waals surface area (Å²) in [5.74, 6) is 0.548. The molecule has 1 N–H and O–H groups in total. The molecule has 3 heterocycles. The Morgan fingerprint density at radius 1 is 1.06 bits per heavy atom. The third-order valence-electron chi connectivity index (χ3n) is 6.79. The van der Waals surface area contributed by atoms with Crippen LogP contribution >= 0.6 is 15.9 Å². The molecule has 1 aliphatic heterocycles. The maximum Gasteiger partial charge on any atom is 0.255 e. The number of halogens is 1. The first-order chi connectivity index (χ1) is 14.9. The number of piperidine rings is 1. The van der Waals surface area contributed by atoms with Crippen molar-refractivity contribution >= 4 is 33.6 Å². The number of hydrogen-bond donors (Lipinski definition) is 1. The molecule has 2 aliphatic rings. The van der Waals surface area contributed by atoms with Crippen molar-refractivity contribution in [1.29, 1.82) is 0 Å². The lowest BCUT2D eigenvalue weighted by molar-refractivity contribution is -0.121. The number of pyridine rings is 1. The summed E-state index contributed by atoms with van der Waals surface area (Å²) >= 11 is 3.35. The topological polar surface area (TPSA) is 67.2 Å². The van der Waals surface area contributed by atoms with Crippen LogP contribution in [0.25, 0.3) is 0 Å². The number of aromatic nitrogens is 2. The predicted octanol–water partition coefficient (Wildman–Crippen LogP) is 5.26. The van der Waals surface area contributed by atoms with Crippen molar-refractivity contribution in [3.8, 4) is 0 Å². The fourth-order valence-electron chi connectivity index (χ4n) is 5.09. The lowest BCUT2D eigenvalue weighted by Crippen LogP contribution is -2.41.